The lowest BCUT2D eigenvalue weighted by Gasteiger charge is -2.38. The van der Waals surface area contributed by atoms with E-state index in [9.17, 15) is 0 Å². The summed E-state index contributed by atoms with van der Waals surface area (Å²) in [5.74, 6) is 0. The SMILES string of the molecule is C=CCCCN(C)CCC1(NC)CCCCC1. The molecular formula is C15H30N2. The number of hydrogen-bond acceptors (Lipinski definition) is 2. The van der Waals surface area contributed by atoms with Crippen LogP contribution in [0.4, 0.5) is 0 Å². The average Bonchev–Trinajstić information content (AvgIpc) is 2.38. The third-order valence-corrected chi connectivity index (χ3v) is 4.26. The fourth-order valence-electron chi connectivity index (χ4n) is 2.88. The molecule has 0 atom stereocenters. The molecule has 0 heterocycles. The molecule has 100 valence electrons. The quantitative estimate of drug-likeness (QED) is 0.516. The molecule has 0 spiro atoms. The third-order valence-electron chi connectivity index (χ3n) is 4.26. The maximum Gasteiger partial charge on any atom is 0.0190 e. The summed E-state index contributed by atoms with van der Waals surface area (Å²) in [6.07, 6.45) is 12.7. The fraction of sp³-hybridized carbons (Fsp3) is 0.867. The van der Waals surface area contributed by atoms with Crippen LogP contribution in [0.3, 0.4) is 0 Å². The molecule has 0 amide bonds. The van der Waals surface area contributed by atoms with Gasteiger partial charge in [-0.15, -0.1) is 6.58 Å². The van der Waals surface area contributed by atoms with Crippen molar-refractivity contribution in [3.8, 4) is 0 Å². The van der Waals surface area contributed by atoms with Gasteiger partial charge in [-0.25, -0.2) is 0 Å². The second kappa shape index (κ2) is 7.88. The molecular weight excluding hydrogens is 208 g/mol. The first kappa shape index (κ1) is 14.7. The Morgan fingerprint density at radius 3 is 2.53 bits per heavy atom. The molecule has 0 aromatic rings. The predicted molar refractivity (Wildman–Crippen MR) is 76.4 cm³/mol. The molecule has 0 aliphatic heterocycles. The van der Waals surface area contributed by atoms with E-state index >= 15 is 0 Å². The van der Waals surface area contributed by atoms with E-state index < -0.39 is 0 Å². The van der Waals surface area contributed by atoms with Gasteiger partial charge in [0, 0.05) is 5.54 Å². The monoisotopic (exact) mass is 238 g/mol. The van der Waals surface area contributed by atoms with E-state index in [2.05, 4.69) is 30.9 Å². The minimum Gasteiger partial charge on any atom is -0.314 e. The van der Waals surface area contributed by atoms with E-state index in [1.807, 2.05) is 6.08 Å². The molecule has 1 rings (SSSR count). The van der Waals surface area contributed by atoms with Gasteiger partial charge in [0.2, 0.25) is 0 Å². The normalized spacial score (nSPS) is 19.5. The van der Waals surface area contributed by atoms with Gasteiger partial charge in [0.25, 0.3) is 0 Å². The summed E-state index contributed by atoms with van der Waals surface area (Å²) in [5, 5.41) is 3.60. The summed E-state index contributed by atoms with van der Waals surface area (Å²) in [7, 11) is 4.39. The molecule has 1 saturated carbocycles. The van der Waals surface area contributed by atoms with Crippen LogP contribution in [0.5, 0.6) is 0 Å². The first-order chi connectivity index (χ1) is 8.22. The summed E-state index contributed by atoms with van der Waals surface area (Å²) < 4.78 is 0. The van der Waals surface area contributed by atoms with Crippen molar-refractivity contribution in [2.24, 2.45) is 0 Å². The van der Waals surface area contributed by atoms with Gasteiger partial charge in [-0.1, -0.05) is 25.3 Å². The molecule has 17 heavy (non-hydrogen) atoms. The zero-order chi connectivity index (χ0) is 12.6. The van der Waals surface area contributed by atoms with Crippen LogP contribution in [0.2, 0.25) is 0 Å². The van der Waals surface area contributed by atoms with Crippen LogP contribution in [-0.4, -0.2) is 37.6 Å². The molecule has 0 saturated heterocycles. The van der Waals surface area contributed by atoms with E-state index in [-0.39, 0.29) is 0 Å². The van der Waals surface area contributed by atoms with Gasteiger partial charge < -0.3 is 10.2 Å². The average molecular weight is 238 g/mol. The standard InChI is InChI=1S/C15H30N2/c1-4-5-9-13-17(3)14-12-15(16-2)10-7-6-8-11-15/h4,16H,1,5-14H2,2-3H3. The lowest BCUT2D eigenvalue weighted by molar-refractivity contribution is 0.196. The highest BCUT2D eigenvalue weighted by Crippen LogP contribution is 2.30. The molecule has 1 fully saturated rings. The highest BCUT2D eigenvalue weighted by atomic mass is 15.1. The van der Waals surface area contributed by atoms with E-state index in [1.54, 1.807) is 0 Å². The van der Waals surface area contributed by atoms with Crippen molar-refractivity contribution in [2.45, 2.75) is 56.9 Å². The van der Waals surface area contributed by atoms with Crippen molar-refractivity contribution in [3.63, 3.8) is 0 Å². The highest BCUT2D eigenvalue weighted by molar-refractivity contribution is 4.90. The number of unbranched alkanes of at least 4 members (excludes halogenated alkanes) is 1. The Bertz CT molecular complexity index is 207. The summed E-state index contributed by atoms with van der Waals surface area (Å²) in [6, 6.07) is 0. The van der Waals surface area contributed by atoms with E-state index in [0.29, 0.717) is 5.54 Å². The van der Waals surface area contributed by atoms with Gasteiger partial charge in [0.15, 0.2) is 0 Å². The smallest absolute Gasteiger partial charge is 0.0190 e. The molecule has 0 bridgehead atoms. The third kappa shape index (κ3) is 5.22. The zero-order valence-electron chi connectivity index (χ0n) is 11.8. The van der Waals surface area contributed by atoms with E-state index in [1.165, 1.54) is 58.0 Å². The summed E-state index contributed by atoms with van der Waals surface area (Å²) in [5.41, 5.74) is 0.435. The second-order valence-electron chi connectivity index (χ2n) is 5.58. The van der Waals surface area contributed by atoms with Gasteiger partial charge in [0.05, 0.1) is 0 Å². The molecule has 2 nitrogen and oxygen atoms in total. The lowest BCUT2D eigenvalue weighted by atomic mass is 9.79. The maximum atomic E-state index is 3.77. The number of nitrogens with one attached hydrogen (secondary N) is 1. The van der Waals surface area contributed by atoms with Crippen molar-refractivity contribution in [2.75, 3.05) is 27.2 Å². The summed E-state index contributed by atoms with van der Waals surface area (Å²) in [6.45, 7) is 6.19. The molecule has 1 N–H and O–H groups in total. The molecule has 2 heteroatoms. The van der Waals surface area contributed by atoms with Crippen LogP contribution < -0.4 is 5.32 Å². The van der Waals surface area contributed by atoms with Crippen molar-refractivity contribution < 1.29 is 0 Å². The van der Waals surface area contributed by atoms with Gasteiger partial charge in [-0.3, -0.25) is 0 Å². The van der Waals surface area contributed by atoms with Crippen molar-refractivity contribution in [3.05, 3.63) is 12.7 Å². The molecule has 0 unspecified atom stereocenters. The zero-order valence-corrected chi connectivity index (χ0v) is 11.8. The summed E-state index contributed by atoms with van der Waals surface area (Å²) in [4.78, 5) is 2.47. The van der Waals surface area contributed by atoms with Crippen LogP contribution in [0.15, 0.2) is 12.7 Å². The lowest BCUT2D eigenvalue weighted by Crippen LogP contribution is -2.46. The first-order valence-electron chi connectivity index (χ1n) is 7.21. The molecule has 1 aliphatic carbocycles. The van der Waals surface area contributed by atoms with Crippen LogP contribution in [-0.2, 0) is 0 Å². The predicted octanol–water partition coefficient (Wildman–Crippen LogP) is 3.20. The number of rotatable bonds is 8. The van der Waals surface area contributed by atoms with E-state index in [4.69, 9.17) is 0 Å². The van der Waals surface area contributed by atoms with E-state index in [0.717, 1.165) is 6.42 Å². The van der Waals surface area contributed by atoms with Gasteiger partial charge in [0.1, 0.15) is 0 Å². The van der Waals surface area contributed by atoms with Gasteiger partial charge >= 0.3 is 0 Å². The first-order valence-corrected chi connectivity index (χ1v) is 7.21. The highest BCUT2D eigenvalue weighted by Gasteiger charge is 2.29. The second-order valence-corrected chi connectivity index (χ2v) is 5.58. The molecule has 1 aliphatic rings. The number of nitrogens with zero attached hydrogens (tertiary/aromatic N) is 1. The number of allylic oxidation sites excluding steroid dienone is 1. The Morgan fingerprint density at radius 1 is 1.24 bits per heavy atom. The van der Waals surface area contributed by atoms with Gasteiger partial charge in [-0.05, 0) is 59.3 Å². The molecule has 0 aromatic heterocycles. The Morgan fingerprint density at radius 2 is 1.94 bits per heavy atom. The molecule has 0 aromatic carbocycles. The number of hydrogen-bond donors (Lipinski definition) is 1. The Labute approximate surface area is 107 Å². The maximum absolute atomic E-state index is 3.77. The topological polar surface area (TPSA) is 15.3 Å². The van der Waals surface area contributed by atoms with Crippen molar-refractivity contribution in [1.82, 2.24) is 10.2 Å². The van der Waals surface area contributed by atoms with Crippen LogP contribution in [0.25, 0.3) is 0 Å². The Hall–Kier alpha value is -0.340. The van der Waals surface area contributed by atoms with Crippen LogP contribution in [0.1, 0.15) is 51.4 Å². The van der Waals surface area contributed by atoms with Crippen LogP contribution in [0, 0.1) is 0 Å². The molecule has 0 radical (unpaired) electrons. The largest absolute Gasteiger partial charge is 0.314 e. The van der Waals surface area contributed by atoms with Crippen molar-refractivity contribution in [1.29, 1.82) is 0 Å². The minimum absolute atomic E-state index is 0.435. The van der Waals surface area contributed by atoms with Gasteiger partial charge in [-0.2, -0.15) is 0 Å². The summed E-state index contributed by atoms with van der Waals surface area (Å²) >= 11 is 0. The fourth-order valence-corrected chi connectivity index (χ4v) is 2.88. The Kier molecular flexibility index (Phi) is 6.83. The minimum atomic E-state index is 0.435. The van der Waals surface area contributed by atoms with Crippen LogP contribution >= 0.6 is 0 Å². The Balaban J connectivity index is 2.24. The van der Waals surface area contributed by atoms with Crippen molar-refractivity contribution >= 4 is 0 Å².